The van der Waals surface area contributed by atoms with Crippen LogP contribution in [0.25, 0.3) is 10.8 Å². The highest BCUT2D eigenvalue weighted by molar-refractivity contribution is 7.38. The maximum atomic E-state index is 5.90. The second kappa shape index (κ2) is 6.03. The summed E-state index contributed by atoms with van der Waals surface area (Å²) < 4.78 is 5.85. The van der Waals surface area contributed by atoms with Gasteiger partial charge in [0.1, 0.15) is 11.5 Å². The van der Waals surface area contributed by atoms with Crippen molar-refractivity contribution in [2.75, 3.05) is 23.2 Å². The van der Waals surface area contributed by atoms with E-state index in [-0.39, 0.29) is 5.82 Å². The van der Waals surface area contributed by atoms with Crippen LogP contribution in [0.1, 0.15) is 0 Å². The molecule has 22 heavy (non-hydrogen) atoms. The summed E-state index contributed by atoms with van der Waals surface area (Å²) in [6.07, 6.45) is 3.31. The molecule has 0 saturated heterocycles. The Morgan fingerprint density at radius 2 is 1.86 bits per heavy atom. The molecule has 0 amide bonds. The zero-order chi connectivity index (χ0) is 15.5. The molecule has 112 valence electrons. The number of benzene rings is 1. The molecule has 3 rings (SSSR count). The summed E-state index contributed by atoms with van der Waals surface area (Å²) in [7, 11) is 0.589. The SMILES string of the molecule is CPNc1cnc(Oc2ccnc(N)c2N)c2ccccc12. The molecule has 0 aliphatic rings. The third-order valence-corrected chi connectivity index (χ3v) is 3.73. The molecule has 2 heterocycles. The topological polar surface area (TPSA) is 99.1 Å². The zero-order valence-electron chi connectivity index (χ0n) is 12.0. The van der Waals surface area contributed by atoms with Gasteiger partial charge < -0.3 is 21.3 Å². The Bertz CT molecular complexity index is 824. The van der Waals surface area contributed by atoms with Gasteiger partial charge in [0.05, 0.1) is 11.9 Å². The molecule has 6 nitrogen and oxygen atoms in total. The number of nitrogen functional groups attached to an aromatic ring is 2. The molecule has 2 aromatic heterocycles. The number of hydrogen-bond donors (Lipinski definition) is 3. The fraction of sp³-hybridized carbons (Fsp3) is 0.0667. The Morgan fingerprint density at radius 3 is 2.64 bits per heavy atom. The Kier molecular flexibility index (Phi) is 3.94. The van der Waals surface area contributed by atoms with Crippen LogP contribution < -0.4 is 21.3 Å². The van der Waals surface area contributed by atoms with Gasteiger partial charge in [-0.05, 0) is 21.5 Å². The summed E-state index contributed by atoms with van der Waals surface area (Å²) in [5.74, 6) is 1.17. The molecular weight excluding hydrogens is 297 g/mol. The Hall–Kier alpha value is -2.59. The molecule has 3 aromatic rings. The highest BCUT2D eigenvalue weighted by Crippen LogP contribution is 2.35. The molecule has 0 spiro atoms. The second-order valence-electron chi connectivity index (χ2n) is 4.61. The highest BCUT2D eigenvalue weighted by atomic mass is 31.1. The first-order valence-electron chi connectivity index (χ1n) is 6.69. The lowest BCUT2D eigenvalue weighted by Gasteiger charge is -2.13. The third kappa shape index (κ3) is 2.61. The number of nitrogens with one attached hydrogen (secondary N) is 1. The maximum Gasteiger partial charge on any atom is 0.227 e. The summed E-state index contributed by atoms with van der Waals surface area (Å²) in [6.45, 7) is 2.07. The monoisotopic (exact) mass is 313 g/mol. The van der Waals surface area contributed by atoms with E-state index in [0.29, 0.717) is 26.0 Å². The summed E-state index contributed by atoms with van der Waals surface area (Å²) in [5, 5.41) is 5.26. The van der Waals surface area contributed by atoms with Gasteiger partial charge in [-0.25, -0.2) is 9.97 Å². The molecule has 0 fully saturated rings. The van der Waals surface area contributed by atoms with Gasteiger partial charge in [0.25, 0.3) is 0 Å². The zero-order valence-corrected chi connectivity index (χ0v) is 13.0. The first kappa shape index (κ1) is 14.4. The molecule has 1 aromatic carbocycles. The van der Waals surface area contributed by atoms with Crippen LogP contribution in [-0.4, -0.2) is 16.6 Å². The lowest BCUT2D eigenvalue weighted by Crippen LogP contribution is -2.01. The quantitative estimate of drug-likeness (QED) is 0.640. The fourth-order valence-electron chi connectivity index (χ4n) is 2.15. The van der Waals surface area contributed by atoms with Crippen LogP contribution in [0.15, 0.2) is 42.7 Å². The fourth-order valence-corrected chi connectivity index (χ4v) is 2.61. The number of rotatable bonds is 4. The molecule has 0 aliphatic carbocycles. The van der Waals surface area contributed by atoms with Gasteiger partial charge in [0.15, 0.2) is 5.75 Å². The van der Waals surface area contributed by atoms with Crippen molar-refractivity contribution >= 4 is 36.7 Å². The van der Waals surface area contributed by atoms with Crippen LogP contribution in [0.5, 0.6) is 11.6 Å². The molecule has 0 radical (unpaired) electrons. The standard InChI is InChI=1S/C15H16N5OP/c1-22-20-11-8-19-15(10-5-3-2-4-9(10)11)21-12-6-7-18-14(17)13(12)16/h2-8,20,22H,16H2,1H3,(H2,17,18). The molecule has 5 N–H and O–H groups in total. The first-order valence-corrected chi connectivity index (χ1v) is 8.19. The van der Waals surface area contributed by atoms with E-state index in [1.165, 1.54) is 0 Å². The van der Waals surface area contributed by atoms with Crippen LogP contribution in [0.2, 0.25) is 0 Å². The lowest BCUT2D eigenvalue weighted by molar-refractivity contribution is 0.471. The number of anilines is 3. The lowest BCUT2D eigenvalue weighted by atomic mass is 10.1. The van der Waals surface area contributed by atoms with E-state index in [4.69, 9.17) is 16.2 Å². The average Bonchev–Trinajstić information content (AvgIpc) is 2.54. The van der Waals surface area contributed by atoms with Crippen LogP contribution >= 0.6 is 8.73 Å². The highest BCUT2D eigenvalue weighted by Gasteiger charge is 2.11. The summed E-state index contributed by atoms with van der Waals surface area (Å²) >= 11 is 0. The average molecular weight is 313 g/mol. The van der Waals surface area contributed by atoms with Crippen LogP contribution in [0.3, 0.4) is 0 Å². The minimum atomic E-state index is 0.243. The van der Waals surface area contributed by atoms with Crippen molar-refractivity contribution < 1.29 is 4.74 Å². The summed E-state index contributed by atoms with van der Waals surface area (Å²) in [5.41, 5.74) is 12.9. The largest absolute Gasteiger partial charge is 0.436 e. The smallest absolute Gasteiger partial charge is 0.227 e. The van der Waals surface area contributed by atoms with Gasteiger partial charge in [-0.3, -0.25) is 0 Å². The van der Waals surface area contributed by atoms with Crippen molar-refractivity contribution in [3.8, 4) is 11.6 Å². The molecule has 7 heteroatoms. The van der Waals surface area contributed by atoms with Crippen LogP contribution in [0.4, 0.5) is 17.2 Å². The van der Waals surface area contributed by atoms with Gasteiger partial charge in [-0.15, -0.1) is 0 Å². The predicted molar refractivity (Wildman–Crippen MR) is 92.7 cm³/mol. The van der Waals surface area contributed by atoms with Crippen LogP contribution in [-0.2, 0) is 0 Å². The van der Waals surface area contributed by atoms with Gasteiger partial charge in [0.2, 0.25) is 5.88 Å². The number of aromatic nitrogens is 2. The number of ether oxygens (including phenoxy) is 1. The Morgan fingerprint density at radius 1 is 1.09 bits per heavy atom. The number of hydrogen-bond acceptors (Lipinski definition) is 6. The van der Waals surface area contributed by atoms with Crippen LogP contribution in [0, 0.1) is 0 Å². The van der Waals surface area contributed by atoms with E-state index in [1.54, 1.807) is 18.5 Å². The summed E-state index contributed by atoms with van der Waals surface area (Å²) in [6, 6.07) is 9.58. The van der Waals surface area contributed by atoms with E-state index in [9.17, 15) is 0 Å². The van der Waals surface area contributed by atoms with Crippen molar-refractivity contribution in [2.45, 2.75) is 0 Å². The van der Waals surface area contributed by atoms with E-state index in [2.05, 4.69) is 21.7 Å². The van der Waals surface area contributed by atoms with Crippen molar-refractivity contribution in [2.24, 2.45) is 0 Å². The molecule has 0 saturated carbocycles. The molecule has 1 atom stereocenters. The second-order valence-corrected chi connectivity index (χ2v) is 5.36. The molecule has 0 aliphatic heterocycles. The number of nitrogens with two attached hydrogens (primary N) is 2. The Labute approximate surface area is 129 Å². The van der Waals surface area contributed by atoms with Gasteiger partial charge in [-0.1, -0.05) is 18.2 Å². The van der Waals surface area contributed by atoms with Crippen molar-refractivity contribution in [1.29, 1.82) is 0 Å². The third-order valence-electron chi connectivity index (χ3n) is 3.21. The van der Waals surface area contributed by atoms with E-state index >= 15 is 0 Å². The van der Waals surface area contributed by atoms with Gasteiger partial charge in [-0.2, -0.15) is 0 Å². The molecular formula is C15H16N5OP. The van der Waals surface area contributed by atoms with Crippen molar-refractivity contribution in [3.05, 3.63) is 42.7 Å². The predicted octanol–water partition coefficient (Wildman–Crippen LogP) is 3.22. The van der Waals surface area contributed by atoms with Gasteiger partial charge in [0, 0.05) is 23.0 Å². The number of pyridine rings is 2. The van der Waals surface area contributed by atoms with Crippen molar-refractivity contribution in [3.63, 3.8) is 0 Å². The normalized spacial score (nSPS) is 11.1. The number of fused-ring (bicyclic) bond motifs is 1. The molecule has 1 unspecified atom stereocenters. The van der Waals surface area contributed by atoms with Gasteiger partial charge >= 0.3 is 0 Å². The van der Waals surface area contributed by atoms with E-state index in [0.717, 1.165) is 16.5 Å². The number of nitrogens with zero attached hydrogens (tertiary/aromatic N) is 2. The Balaban J connectivity index is 2.08. The van der Waals surface area contributed by atoms with Crippen molar-refractivity contribution in [1.82, 2.24) is 9.97 Å². The minimum Gasteiger partial charge on any atom is -0.436 e. The molecule has 0 bridgehead atoms. The van der Waals surface area contributed by atoms with E-state index < -0.39 is 0 Å². The summed E-state index contributed by atoms with van der Waals surface area (Å²) in [4.78, 5) is 8.32. The minimum absolute atomic E-state index is 0.243. The first-order chi connectivity index (χ1) is 10.7. The maximum absolute atomic E-state index is 5.90. The van der Waals surface area contributed by atoms with E-state index in [1.807, 2.05) is 24.3 Å².